The first-order valence-electron chi connectivity index (χ1n) is 9.36. The first-order valence-corrected chi connectivity index (χ1v) is 9.36. The molecule has 0 radical (unpaired) electrons. The van der Waals surface area contributed by atoms with Crippen LogP contribution in [0.15, 0.2) is 0 Å². The van der Waals surface area contributed by atoms with Crippen molar-refractivity contribution >= 4 is 23.5 Å². The summed E-state index contributed by atoms with van der Waals surface area (Å²) in [6.45, 7) is 6.08. The second-order valence-corrected chi connectivity index (χ2v) is 8.12. The van der Waals surface area contributed by atoms with Gasteiger partial charge in [-0.15, -0.1) is 0 Å². The van der Waals surface area contributed by atoms with Crippen LogP contribution in [0.25, 0.3) is 0 Å². The van der Waals surface area contributed by atoms with Crippen molar-refractivity contribution in [2.45, 2.75) is 77.8 Å². The van der Waals surface area contributed by atoms with Crippen molar-refractivity contribution < 1.29 is 19.2 Å². The summed E-state index contributed by atoms with van der Waals surface area (Å²) in [5, 5.41) is 5.13. The van der Waals surface area contributed by atoms with Gasteiger partial charge >= 0.3 is 0 Å². The van der Waals surface area contributed by atoms with Crippen LogP contribution in [0.4, 0.5) is 0 Å². The van der Waals surface area contributed by atoms with Gasteiger partial charge in [0, 0.05) is 33.4 Å². The fourth-order valence-electron chi connectivity index (χ4n) is 3.41. The highest BCUT2D eigenvalue weighted by Crippen LogP contribution is 2.26. The van der Waals surface area contributed by atoms with E-state index in [0.29, 0.717) is 38.5 Å². The average molecular weight is 367 g/mol. The molecule has 2 N–H and O–H groups in total. The van der Waals surface area contributed by atoms with E-state index in [1.54, 1.807) is 0 Å². The number of carbonyl (C=O) groups excluding carboxylic acids is 4. The van der Waals surface area contributed by atoms with Gasteiger partial charge in [0.15, 0.2) is 0 Å². The molecule has 0 bridgehead atoms. The molecule has 0 aromatic carbocycles. The van der Waals surface area contributed by atoms with Crippen molar-refractivity contribution in [2.75, 3.05) is 14.1 Å². The molecule has 1 heterocycles. The molecule has 0 spiro atoms. The monoisotopic (exact) mass is 367 g/mol. The maximum Gasteiger partial charge on any atom is 0.242 e. The number of amides is 3. The van der Waals surface area contributed by atoms with E-state index in [1.165, 1.54) is 19.0 Å². The van der Waals surface area contributed by atoms with Crippen LogP contribution in [0.5, 0.6) is 0 Å². The maximum atomic E-state index is 12.7. The molecule has 1 fully saturated rings. The van der Waals surface area contributed by atoms with Crippen LogP contribution in [0.2, 0.25) is 0 Å². The van der Waals surface area contributed by atoms with E-state index < -0.39 is 12.1 Å². The molecule has 3 amide bonds. The van der Waals surface area contributed by atoms with Gasteiger partial charge in [-0.2, -0.15) is 0 Å². The highest BCUT2D eigenvalue weighted by molar-refractivity contribution is 5.93. The van der Waals surface area contributed by atoms with Gasteiger partial charge in [-0.05, 0) is 31.1 Å². The smallest absolute Gasteiger partial charge is 0.242 e. The van der Waals surface area contributed by atoms with E-state index in [2.05, 4.69) is 10.6 Å². The molecule has 1 aliphatic heterocycles. The molecule has 1 rings (SSSR count). The molecule has 1 saturated heterocycles. The van der Waals surface area contributed by atoms with Gasteiger partial charge < -0.3 is 15.5 Å². The molecule has 7 heteroatoms. The Labute approximate surface area is 156 Å². The summed E-state index contributed by atoms with van der Waals surface area (Å²) in [7, 11) is 3.05. The summed E-state index contributed by atoms with van der Waals surface area (Å²) >= 11 is 0. The largest absolute Gasteiger partial charge is 0.357 e. The fraction of sp³-hybridized carbons (Fsp3) is 0.789. The van der Waals surface area contributed by atoms with E-state index in [4.69, 9.17) is 0 Å². The zero-order valence-electron chi connectivity index (χ0n) is 16.7. The lowest BCUT2D eigenvalue weighted by Crippen LogP contribution is -2.52. The summed E-state index contributed by atoms with van der Waals surface area (Å²) in [4.78, 5) is 50.1. The maximum absolute atomic E-state index is 12.7. The molecule has 148 valence electrons. The molecule has 0 unspecified atom stereocenters. The number of nitrogens with one attached hydrogen (secondary N) is 2. The number of carbonyl (C=O) groups is 4. The third-order valence-electron chi connectivity index (χ3n) is 4.59. The van der Waals surface area contributed by atoms with Crippen molar-refractivity contribution in [1.29, 1.82) is 0 Å². The Morgan fingerprint density at radius 2 is 1.35 bits per heavy atom. The second-order valence-electron chi connectivity index (χ2n) is 8.12. The van der Waals surface area contributed by atoms with Crippen molar-refractivity contribution in [3.05, 3.63) is 0 Å². The van der Waals surface area contributed by atoms with E-state index >= 15 is 0 Å². The number of hydrogen-bond acceptors (Lipinski definition) is 4. The lowest BCUT2D eigenvalue weighted by atomic mass is 9.88. The Kier molecular flexibility index (Phi) is 8.24. The SMILES string of the molecule is CNC(=O)[C@H]1CC[C@@H](C(=O)NC)N1C(=O)CCCCC(=O)CC(C)(C)C. The van der Waals surface area contributed by atoms with Gasteiger partial charge in [-0.1, -0.05) is 20.8 Å². The van der Waals surface area contributed by atoms with Crippen LogP contribution in [0.3, 0.4) is 0 Å². The zero-order chi connectivity index (χ0) is 19.9. The minimum atomic E-state index is -0.600. The van der Waals surface area contributed by atoms with Crippen molar-refractivity contribution in [1.82, 2.24) is 15.5 Å². The topological polar surface area (TPSA) is 95.6 Å². The summed E-state index contributed by atoms with van der Waals surface area (Å²) in [6.07, 6.45) is 3.41. The number of likely N-dealkylation sites (N-methyl/N-ethyl adjacent to an activating group) is 2. The van der Waals surface area contributed by atoms with Crippen LogP contribution < -0.4 is 10.6 Å². The first-order chi connectivity index (χ1) is 12.1. The fourth-order valence-corrected chi connectivity index (χ4v) is 3.41. The van der Waals surface area contributed by atoms with Gasteiger partial charge in [0.05, 0.1) is 0 Å². The van der Waals surface area contributed by atoms with Gasteiger partial charge in [0.2, 0.25) is 17.7 Å². The Balaban J connectivity index is 2.59. The van der Waals surface area contributed by atoms with Gasteiger partial charge in [-0.25, -0.2) is 0 Å². The lowest BCUT2D eigenvalue weighted by Gasteiger charge is -2.28. The highest BCUT2D eigenvalue weighted by atomic mass is 16.2. The van der Waals surface area contributed by atoms with E-state index in [0.717, 1.165) is 0 Å². The van der Waals surface area contributed by atoms with Crippen LogP contribution in [0.1, 0.15) is 65.7 Å². The van der Waals surface area contributed by atoms with E-state index in [-0.39, 0.29) is 35.3 Å². The average Bonchev–Trinajstić information content (AvgIpc) is 3.00. The number of hydrogen-bond donors (Lipinski definition) is 2. The van der Waals surface area contributed by atoms with Gasteiger partial charge in [-0.3, -0.25) is 19.2 Å². The molecule has 1 aliphatic rings. The number of unbranched alkanes of at least 4 members (excludes halogenated alkanes) is 1. The van der Waals surface area contributed by atoms with Crippen LogP contribution in [0, 0.1) is 5.41 Å². The minimum Gasteiger partial charge on any atom is -0.357 e. The number of Topliss-reactive ketones (excluding diaryl/α,β-unsaturated/α-hetero) is 1. The number of ketones is 1. The van der Waals surface area contributed by atoms with E-state index in [9.17, 15) is 19.2 Å². The molecular formula is C19H33N3O4. The quantitative estimate of drug-likeness (QED) is 0.634. The summed E-state index contributed by atoms with van der Waals surface area (Å²) in [6, 6.07) is -1.20. The Hall–Kier alpha value is -1.92. The molecule has 0 aliphatic carbocycles. The van der Waals surface area contributed by atoms with E-state index in [1.807, 2.05) is 20.8 Å². The molecule has 0 saturated carbocycles. The van der Waals surface area contributed by atoms with Crippen molar-refractivity contribution in [2.24, 2.45) is 5.41 Å². The van der Waals surface area contributed by atoms with Crippen molar-refractivity contribution in [3.63, 3.8) is 0 Å². The molecule has 0 aromatic heterocycles. The van der Waals surface area contributed by atoms with Crippen LogP contribution >= 0.6 is 0 Å². The first kappa shape index (κ1) is 22.1. The van der Waals surface area contributed by atoms with Crippen LogP contribution in [-0.4, -0.2) is 54.6 Å². The molecule has 26 heavy (non-hydrogen) atoms. The molecular weight excluding hydrogens is 334 g/mol. The predicted octanol–water partition coefficient (Wildman–Crippen LogP) is 1.40. The Morgan fingerprint density at radius 3 is 1.77 bits per heavy atom. The third-order valence-corrected chi connectivity index (χ3v) is 4.59. The predicted molar refractivity (Wildman–Crippen MR) is 99.3 cm³/mol. The van der Waals surface area contributed by atoms with Gasteiger partial charge in [0.1, 0.15) is 17.9 Å². The number of rotatable bonds is 8. The lowest BCUT2D eigenvalue weighted by molar-refractivity contribution is -0.144. The molecule has 0 aromatic rings. The third kappa shape index (κ3) is 6.42. The summed E-state index contributed by atoms with van der Waals surface area (Å²) in [5.41, 5.74) is -0.0239. The Morgan fingerprint density at radius 1 is 0.885 bits per heavy atom. The number of nitrogens with zero attached hydrogens (tertiary/aromatic N) is 1. The van der Waals surface area contributed by atoms with Crippen molar-refractivity contribution in [3.8, 4) is 0 Å². The van der Waals surface area contributed by atoms with Crippen LogP contribution in [-0.2, 0) is 19.2 Å². The minimum absolute atomic E-state index is 0.0239. The molecule has 7 nitrogen and oxygen atoms in total. The standard InChI is InChI=1S/C19H33N3O4/c1-19(2,3)12-13(23)8-6-7-9-16(24)22-14(17(25)20-4)10-11-15(22)18(26)21-5/h14-15H,6-12H2,1-5H3,(H,20,25)(H,21,26)/t14-,15+. The molecule has 2 atom stereocenters. The normalized spacial score (nSPS) is 20.0. The van der Waals surface area contributed by atoms with Gasteiger partial charge in [0.25, 0.3) is 0 Å². The highest BCUT2D eigenvalue weighted by Gasteiger charge is 2.43. The second kappa shape index (κ2) is 9.69. The summed E-state index contributed by atoms with van der Waals surface area (Å²) in [5.74, 6) is -0.485. The Bertz CT molecular complexity index is 515. The number of likely N-dealkylation sites (tertiary alicyclic amines) is 1. The summed E-state index contributed by atoms with van der Waals surface area (Å²) < 4.78 is 0. The zero-order valence-corrected chi connectivity index (χ0v) is 16.7.